The van der Waals surface area contributed by atoms with E-state index in [1.165, 1.54) is 0 Å². The Morgan fingerprint density at radius 1 is 1.17 bits per heavy atom. The molecule has 0 bridgehead atoms. The quantitative estimate of drug-likeness (QED) is 0.821. The highest BCUT2D eigenvalue weighted by Crippen LogP contribution is 2.27. The van der Waals surface area contributed by atoms with E-state index in [0.717, 1.165) is 5.56 Å². The first-order valence-corrected chi connectivity index (χ1v) is 7.74. The third kappa shape index (κ3) is 3.94. The molecule has 1 aliphatic heterocycles. The molecule has 6 heteroatoms. The third-order valence-corrected chi connectivity index (χ3v) is 4.04. The molecule has 23 heavy (non-hydrogen) atoms. The molecule has 0 aromatic heterocycles. The molecule has 2 amide bonds. The number of piperazine rings is 1. The topological polar surface area (TPSA) is 59.1 Å². The second-order valence-corrected chi connectivity index (χ2v) is 5.86. The molecule has 2 rings (SSSR count). The number of ether oxygens (including phenoxy) is 2. The first-order valence-electron chi connectivity index (χ1n) is 7.74. The van der Waals surface area contributed by atoms with Crippen molar-refractivity contribution in [1.82, 2.24) is 9.80 Å². The lowest BCUT2D eigenvalue weighted by molar-refractivity contribution is -0.146. The summed E-state index contributed by atoms with van der Waals surface area (Å²) in [7, 11) is 3.13. The van der Waals surface area contributed by atoms with E-state index in [2.05, 4.69) is 0 Å². The predicted molar refractivity (Wildman–Crippen MR) is 86.7 cm³/mol. The molecule has 1 aliphatic rings. The number of methoxy groups -OCH3 is 2. The van der Waals surface area contributed by atoms with Gasteiger partial charge in [-0.2, -0.15) is 0 Å². The Balaban J connectivity index is 2.01. The van der Waals surface area contributed by atoms with Gasteiger partial charge in [0.15, 0.2) is 11.5 Å². The predicted octanol–water partition coefficient (Wildman–Crippen LogP) is 1.33. The van der Waals surface area contributed by atoms with Gasteiger partial charge in [-0.25, -0.2) is 0 Å². The minimum Gasteiger partial charge on any atom is -0.493 e. The molecule has 1 saturated heterocycles. The van der Waals surface area contributed by atoms with Crippen LogP contribution in [0.25, 0.3) is 0 Å². The molecule has 0 aliphatic carbocycles. The van der Waals surface area contributed by atoms with E-state index in [1.807, 2.05) is 19.9 Å². The second-order valence-electron chi connectivity index (χ2n) is 5.86. The van der Waals surface area contributed by atoms with E-state index in [-0.39, 0.29) is 30.8 Å². The fraction of sp³-hybridized carbons (Fsp3) is 0.529. The minimum absolute atomic E-state index is 0.00640. The van der Waals surface area contributed by atoms with Crippen LogP contribution in [0, 0.1) is 0 Å². The number of benzene rings is 1. The largest absolute Gasteiger partial charge is 0.493 e. The van der Waals surface area contributed by atoms with E-state index in [4.69, 9.17) is 9.47 Å². The second kappa shape index (κ2) is 7.35. The maximum absolute atomic E-state index is 12.4. The zero-order valence-electron chi connectivity index (χ0n) is 14.2. The van der Waals surface area contributed by atoms with Crippen molar-refractivity contribution in [2.45, 2.75) is 26.3 Å². The van der Waals surface area contributed by atoms with Crippen molar-refractivity contribution in [1.29, 1.82) is 0 Å². The van der Waals surface area contributed by atoms with Gasteiger partial charge in [0.1, 0.15) is 0 Å². The van der Waals surface area contributed by atoms with Gasteiger partial charge in [-0.15, -0.1) is 0 Å². The number of hydrogen-bond donors (Lipinski definition) is 0. The molecule has 1 aromatic rings. The summed E-state index contributed by atoms with van der Waals surface area (Å²) < 4.78 is 10.4. The Labute approximate surface area is 137 Å². The Morgan fingerprint density at radius 3 is 2.43 bits per heavy atom. The van der Waals surface area contributed by atoms with Crippen molar-refractivity contribution < 1.29 is 19.1 Å². The SMILES string of the molecule is COc1ccc(CC(=O)N2CCN(C(C)C)C(=O)C2)cc1OC. The fourth-order valence-corrected chi connectivity index (χ4v) is 2.72. The van der Waals surface area contributed by atoms with Crippen molar-refractivity contribution in [2.24, 2.45) is 0 Å². The maximum Gasteiger partial charge on any atom is 0.242 e. The molecule has 0 radical (unpaired) electrons. The number of hydrogen-bond acceptors (Lipinski definition) is 4. The zero-order chi connectivity index (χ0) is 17.0. The monoisotopic (exact) mass is 320 g/mol. The highest BCUT2D eigenvalue weighted by atomic mass is 16.5. The van der Waals surface area contributed by atoms with Gasteiger partial charge in [-0.3, -0.25) is 9.59 Å². The zero-order valence-corrected chi connectivity index (χ0v) is 14.2. The first kappa shape index (κ1) is 17.1. The molecule has 6 nitrogen and oxygen atoms in total. The Hall–Kier alpha value is -2.24. The summed E-state index contributed by atoms with van der Waals surface area (Å²) in [5.41, 5.74) is 0.839. The molecule has 1 aromatic carbocycles. The summed E-state index contributed by atoms with van der Waals surface area (Å²) >= 11 is 0. The number of rotatable bonds is 5. The Bertz CT molecular complexity index is 586. The van der Waals surface area contributed by atoms with E-state index in [9.17, 15) is 9.59 Å². The van der Waals surface area contributed by atoms with Gasteiger partial charge in [0.25, 0.3) is 0 Å². The normalized spacial score (nSPS) is 15.1. The van der Waals surface area contributed by atoms with Crippen LogP contribution in [0.3, 0.4) is 0 Å². The minimum atomic E-state index is -0.0472. The number of nitrogens with zero attached hydrogens (tertiary/aromatic N) is 2. The van der Waals surface area contributed by atoms with E-state index in [0.29, 0.717) is 24.6 Å². The van der Waals surface area contributed by atoms with Crippen LogP contribution in [-0.4, -0.2) is 61.5 Å². The van der Waals surface area contributed by atoms with Crippen LogP contribution in [0.2, 0.25) is 0 Å². The van der Waals surface area contributed by atoms with Crippen LogP contribution in [0.4, 0.5) is 0 Å². The van der Waals surface area contributed by atoms with Gasteiger partial charge in [0.2, 0.25) is 11.8 Å². The molecule has 0 spiro atoms. The van der Waals surface area contributed by atoms with E-state index < -0.39 is 0 Å². The molecule has 0 unspecified atom stereocenters. The van der Waals surface area contributed by atoms with E-state index >= 15 is 0 Å². The van der Waals surface area contributed by atoms with Gasteiger partial charge in [-0.05, 0) is 31.5 Å². The van der Waals surface area contributed by atoms with Crippen LogP contribution < -0.4 is 9.47 Å². The van der Waals surface area contributed by atoms with Crippen molar-refractivity contribution in [2.75, 3.05) is 33.9 Å². The molecule has 126 valence electrons. The summed E-state index contributed by atoms with van der Waals surface area (Å²) in [6.07, 6.45) is 0.245. The van der Waals surface area contributed by atoms with Gasteiger partial charge < -0.3 is 19.3 Å². The number of amides is 2. The van der Waals surface area contributed by atoms with Gasteiger partial charge in [-0.1, -0.05) is 6.07 Å². The highest BCUT2D eigenvalue weighted by Gasteiger charge is 2.28. The lowest BCUT2D eigenvalue weighted by Gasteiger charge is -2.36. The fourth-order valence-electron chi connectivity index (χ4n) is 2.72. The lowest BCUT2D eigenvalue weighted by Crippen LogP contribution is -2.54. The molecule has 1 fully saturated rings. The average molecular weight is 320 g/mol. The Kier molecular flexibility index (Phi) is 5.47. The van der Waals surface area contributed by atoms with Crippen LogP contribution in [0.1, 0.15) is 19.4 Å². The summed E-state index contributed by atoms with van der Waals surface area (Å²) in [4.78, 5) is 27.9. The molecular weight excluding hydrogens is 296 g/mol. The summed E-state index contributed by atoms with van der Waals surface area (Å²) in [5, 5.41) is 0. The molecule has 0 atom stereocenters. The highest BCUT2D eigenvalue weighted by molar-refractivity contribution is 5.87. The third-order valence-electron chi connectivity index (χ3n) is 4.04. The van der Waals surface area contributed by atoms with Gasteiger partial charge >= 0.3 is 0 Å². The van der Waals surface area contributed by atoms with E-state index in [1.54, 1.807) is 36.2 Å². The molecule has 1 heterocycles. The summed E-state index contributed by atoms with van der Waals surface area (Å²) in [6, 6.07) is 5.59. The van der Waals surface area contributed by atoms with Crippen molar-refractivity contribution in [3.8, 4) is 11.5 Å². The lowest BCUT2D eigenvalue weighted by atomic mass is 10.1. The summed E-state index contributed by atoms with van der Waals surface area (Å²) in [6.45, 7) is 5.30. The molecule has 0 saturated carbocycles. The van der Waals surface area contributed by atoms with Crippen molar-refractivity contribution in [3.63, 3.8) is 0 Å². The van der Waals surface area contributed by atoms with Crippen molar-refractivity contribution >= 4 is 11.8 Å². The van der Waals surface area contributed by atoms with Gasteiger partial charge in [0.05, 0.1) is 27.2 Å². The van der Waals surface area contributed by atoms with Crippen LogP contribution in [0.5, 0.6) is 11.5 Å². The Morgan fingerprint density at radius 2 is 1.87 bits per heavy atom. The number of carbonyl (C=O) groups is 2. The van der Waals surface area contributed by atoms with Crippen LogP contribution >= 0.6 is 0 Å². The standard InChI is InChI=1S/C17H24N2O4/c1-12(2)19-8-7-18(11-17(19)21)16(20)10-13-5-6-14(22-3)15(9-13)23-4/h5-6,9,12H,7-8,10-11H2,1-4H3. The molecule has 0 N–H and O–H groups in total. The average Bonchev–Trinajstić information content (AvgIpc) is 2.54. The summed E-state index contributed by atoms with van der Waals surface area (Å²) in [5.74, 6) is 1.18. The van der Waals surface area contributed by atoms with Crippen LogP contribution in [0.15, 0.2) is 18.2 Å². The molecular formula is C17H24N2O4. The van der Waals surface area contributed by atoms with Crippen LogP contribution in [-0.2, 0) is 16.0 Å². The van der Waals surface area contributed by atoms with Crippen molar-refractivity contribution in [3.05, 3.63) is 23.8 Å². The first-order chi connectivity index (χ1) is 11.0. The smallest absolute Gasteiger partial charge is 0.242 e. The number of carbonyl (C=O) groups excluding carboxylic acids is 2. The maximum atomic E-state index is 12.4. The van der Waals surface area contributed by atoms with Gasteiger partial charge in [0, 0.05) is 19.1 Å².